The molecule has 2 aliphatic rings. The van der Waals surface area contributed by atoms with Gasteiger partial charge in [-0.1, -0.05) is 44.2 Å². The molecular weight excluding hydrogens is 312 g/mol. The van der Waals surface area contributed by atoms with Gasteiger partial charge in [-0.05, 0) is 36.0 Å². The second-order valence-corrected chi connectivity index (χ2v) is 8.74. The third kappa shape index (κ3) is 3.22. The van der Waals surface area contributed by atoms with E-state index in [-0.39, 0.29) is 5.91 Å². The van der Waals surface area contributed by atoms with Gasteiger partial charge in [0.25, 0.3) is 0 Å². The van der Waals surface area contributed by atoms with Crippen molar-refractivity contribution in [3.8, 4) is 0 Å². The summed E-state index contributed by atoms with van der Waals surface area (Å²) in [6.45, 7) is 0. The summed E-state index contributed by atoms with van der Waals surface area (Å²) >= 11 is 0. The number of rotatable bonds is 5. The summed E-state index contributed by atoms with van der Waals surface area (Å²) in [5, 5.41) is 0. The highest BCUT2D eigenvalue weighted by Crippen LogP contribution is 2.60. The van der Waals surface area contributed by atoms with Crippen LogP contribution in [0.4, 0.5) is 5.69 Å². The van der Waals surface area contributed by atoms with Crippen molar-refractivity contribution in [2.45, 2.75) is 43.9 Å². The first-order chi connectivity index (χ1) is 10.8. The Labute approximate surface area is 137 Å². The number of hydrogen-bond acceptors (Lipinski definition) is 3. The molecule has 2 saturated carbocycles. The number of nitrogens with two attached hydrogens (primary N) is 1. The first kappa shape index (κ1) is 16.3. The maximum Gasteiger partial charge on any atom is 0.229 e. The molecule has 1 amide bonds. The highest BCUT2D eigenvalue weighted by molar-refractivity contribution is 7.92. The van der Waals surface area contributed by atoms with Crippen LogP contribution < -0.4 is 10.5 Å². The second kappa shape index (κ2) is 5.82. The van der Waals surface area contributed by atoms with Gasteiger partial charge in [-0.3, -0.25) is 9.52 Å². The third-order valence-corrected chi connectivity index (χ3v) is 5.98. The van der Waals surface area contributed by atoms with Crippen LogP contribution in [0.5, 0.6) is 0 Å². The Morgan fingerprint density at radius 2 is 1.78 bits per heavy atom. The van der Waals surface area contributed by atoms with E-state index in [9.17, 15) is 13.2 Å². The van der Waals surface area contributed by atoms with Crippen LogP contribution in [0.25, 0.3) is 0 Å². The van der Waals surface area contributed by atoms with Crippen molar-refractivity contribution in [1.82, 2.24) is 0 Å². The first-order valence-electron chi connectivity index (χ1n) is 8.21. The van der Waals surface area contributed by atoms with Crippen molar-refractivity contribution in [3.05, 3.63) is 29.8 Å². The minimum absolute atomic E-state index is 0.253. The molecule has 23 heavy (non-hydrogen) atoms. The molecular formula is C17H24N2O3S. The van der Waals surface area contributed by atoms with Gasteiger partial charge in [0.05, 0.1) is 11.7 Å². The van der Waals surface area contributed by atoms with Crippen molar-refractivity contribution >= 4 is 21.6 Å². The van der Waals surface area contributed by atoms with Gasteiger partial charge >= 0.3 is 0 Å². The van der Waals surface area contributed by atoms with Crippen LogP contribution in [0, 0.1) is 11.8 Å². The summed E-state index contributed by atoms with van der Waals surface area (Å²) < 4.78 is 25.0. The lowest BCUT2D eigenvalue weighted by Crippen LogP contribution is -2.32. The fourth-order valence-electron chi connectivity index (χ4n) is 4.20. The molecule has 2 fully saturated rings. The summed E-state index contributed by atoms with van der Waals surface area (Å²) in [6.07, 6.45) is 8.09. The molecule has 5 nitrogen and oxygen atoms in total. The van der Waals surface area contributed by atoms with Gasteiger partial charge in [0, 0.05) is 5.69 Å². The quantitative estimate of drug-likeness (QED) is 0.865. The molecule has 1 aromatic rings. The lowest BCUT2D eigenvalue weighted by molar-refractivity contribution is -0.121. The zero-order valence-electron chi connectivity index (χ0n) is 13.4. The first-order valence-corrected chi connectivity index (χ1v) is 10.1. The van der Waals surface area contributed by atoms with Crippen molar-refractivity contribution in [2.24, 2.45) is 17.6 Å². The van der Waals surface area contributed by atoms with Crippen molar-refractivity contribution < 1.29 is 13.2 Å². The predicted molar refractivity (Wildman–Crippen MR) is 90.5 cm³/mol. The summed E-state index contributed by atoms with van der Waals surface area (Å²) in [7, 11) is -3.30. The maximum absolute atomic E-state index is 12.2. The molecule has 3 N–H and O–H groups in total. The Hall–Kier alpha value is -1.56. The van der Waals surface area contributed by atoms with Gasteiger partial charge in [0.1, 0.15) is 0 Å². The van der Waals surface area contributed by atoms with E-state index in [1.807, 2.05) is 12.1 Å². The fraction of sp³-hybridized carbons (Fsp3) is 0.588. The van der Waals surface area contributed by atoms with Gasteiger partial charge in [-0.15, -0.1) is 0 Å². The molecule has 6 heteroatoms. The molecule has 0 spiro atoms. The maximum atomic E-state index is 12.2. The number of anilines is 1. The Bertz CT molecular complexity index is 693. The van der Waals surface area contributed by atoms with Crippen LogP contribution in [0.1, 0.15) is 44.1 Å². The smallest absolute Gasteiger partial charge is 0.229 e. The van der Waals surface area contributed by atoms with E-state index in [0.29, 0.717) is 17.5 Å². The number of nitrogens with one attached hydrogen (secondary N) is 1. The summed E-state index contributed by atoms with van der Waals surface area (Å²) in [6, 6.07) is 7.08. The van der Waals surface area contributed by atoms with E-state index in [0.717, 1.165) is 18.2 Å². The Morgan fingerprint density at radius 3 is 2.30 bits per heavy atom. The molecule has 0 unspecified atom stereocenters. The Kier molecular flexibility index (Phi) is 4.12. The average Bonchev–Trinajstić information content (AvgIpc) is 3.24. The van der Waals surface area contributed by atoms with Crippen LogP contribution in [-0.2, 0) is 20.2 Å². The van der Waals surface area contributed by atoms with Gasteiger partial charge in [0.15, 0.2) is 0 Å². The summed E-state index contributed by atoms with van der Waals surface area (Å²) in [4.78, 5) is 12.2. The van der Waals surface area contributed by atoms with E-state index in [4.69, 9.17) is 5.73 Å². The van der Waals surface area contributed by atoms with Crippen LogP contribution in [-0.4, -0.2) is 20.6 Å². The lowest BCUT2D eigenvalue weighted by Gasteiger charge is -2.24. The van der Waals surface area contributed by atoms with Crippen LogP contribution in [0.3, 0.4) is 0 Å². The standard InChI is InChI=1S/C17H24N2O3S/c1-23(21,22)19-14-9-7-13(8-10-14)17(16(18)20)11-15(17)12-5-3-2-4-6-12/h7-10,12,15,19H,2-6,11H2,1H3,(H2,18,20)/t15-,17-/m0/s1. The van der Waals surface area contributed by atoms with Crippen molar-refractivity contribution in [2.75, 3.05) is 11.0 Å². The van der Waals surface area contributed by atoms with Crippen LogP contribution >= 0.6 is 0 Å². The number of sulfonamides is 1. The molecule has 0 saturated heterocycles. The molecule has 126 valence electrons. The summed E-state index contributed by atoms with van der Waals surface area (Å²) in [5.74, 6) is 0.677. The normalized spacial score (nSPS) is 28.3. The fourth-order valence-corrected chi connectivity index (χ4v) is 4.77. The van der Waals surface area contributed by atoms with E-state index in [2.05, 4.69) is 4.72 Å². The zero-order valence-corrected chi connectivity index (χ0v) is 14.2. The van der Waals surface area contributed by atoms with E-state index in [1.54, 1.807) is 12.1 Å². The molecule has 2 aliphatic carbocycles. The second-order valence-electron chi connectivity index (χ2n) is 7.00. The highest BCUT2D eigenvalue weighted by Gasteiger charge is 2.62. The molecule has 0 aromatic heterocycles. The average molecular weight is 336 g/mol. The number of primary amides is 1. The number of hydrogen-bond donors (Lipinski definition) is 2. The number of benzene rings is 1. The van der Waals surface area contributed by atoms with Gasteiger partial charge in [-0.25, -0.2) is 8.42 Å². The molecule has 0 heterocycles. The molecule has 2 atom stereocenters. The van der Waals surface area contributed by atoms with E-state index >= 15 is 0 Å². The molecule has 0 radical (unpaired) electrons. The molecule has 1 aromatic carbocycles. The Morgan fingerprint density at radius 1 is 1.17 bits per heavy atom. The molecule has 3 rings (SSSR count). The minimum Gasteiger partial charge on any atom is -0.369 e. The largest absolute Gasteiger partial charge is 0.369 e. The monoisotopic (exact) mass is 336 g/mol. The number of carbonyl (C=O) groups is 1. The van der Waals surface area contributed by atoms with E-state index in [1.165, 1.54) is 32.1 Å². The number of carbonyl (C=O) groups excluding carboxylic acids is 1. The molecule has 0 bridgehead atoms. The third-order valence-electron chi connectivity index (χ3n) is 5.38. The van der Waals surface area contributed by atoms with Crippen LogP contribution in [0.2, 0.25) is 0 Å². The van der Waals surface area contributed by atoms with E-state index < -0.39 is 15.4 Å². The summed E-state index contributed by atoms with van der Waals surface area (Å²) in [5.41, 5.74) is 6.62. The SMILES string of the molecule is CS(=O)(=O)Nc1ccc([C@@]2(C(N)=O)C[C@H]2C2CCCCC2)cc1. The Balaban J connectivity index is 1.81. The predicted octanol–water partition coefficient (Wildman–Crippen LogP) is 2.38. The van der Waals surface area contributed by atoms with Crippen LogP contribution in [0.15, 0.2) is 24.3 Å². The van der Waals surface area contributed by atoms with Gasteiger partial charge < -0.3 is 5.73 Å². The van der Waals surface area contributed by atoms with Gasteiger partial charge in [-0.2, -0.15) is 0 Å². The topological polar surface area (TPSA) is 89.3 Å². The minimum atomic E-state index is -3.30. The number of amides is 1. The van der Waals surface area contributed by atoms with Crippen molar-refractivity contribution in [1.29, 1.82) is 0 Å². The zero-order chi connectivity index (χ0) is 16.7. The van der Waals surface area contributed by atoms with Crippen molar-refractivity contribution in [3.63, 3.8) is 0 Å². The lowest BCUT2D eigenvalue weighted by atomic mass is 9.80. The highest BCUT2D eigenvalue weighted by atomic mass is 32.2. The van der Waals surface area contributed by atoms with Gasteiger partial charge in [0.2, 0.25) is 15.9 Å². The molecule has 0 aliphatic heterocycles.